The average Bonchev–Trinajstić information content (AvgIpc) is 2.11. The quantitative estimate of drug-likeness (QED) is 0.796. The van der Waals surface area contributed by atoms with Gasteiger partial charge in [-0.25, -0.2) is 4.39 Å². The van der Waals surface area contributed by atoms with Crippen molar-refractivity contribution in [2.75, 3.05) is 13.2 Å². The Hall–Kier alpha value is -0.450. The number of benzene rings is 1. The Bertz CT molecular complexity index is 273. The second-order valence-corrected chi connectivity index (χ2v) is 3.95. The molecule has 14 heavy (non-hydrogen) atoms. The summed E-state index contributed by atoms with van der Waals surface area (Å²) in [5.41, 5.74) is 0.898. The fraction of sp³-hybridized carbons (Fsp3) is 0.400. The zero-order valence-corrected chi connectivity index (χ0v) is 9.35. The van der Waals surface area contributed by atoms with E-state index in [1.54, 1.807) is 0 Å². The molecule has 1 aromatic rings. The van der Waals surface area contributed by atoms with Crippen molar-refractivity contribution < 1.29 is 9.50 Å². The predicted octanol–water partition coefficient (Wildman–Crippen LogP) is 2.06. The topological polar surface area (TPSA) is 32.3 Å². The number of hydrogen-bond donors (Lipinski definition) is 2. The molecule has 4 heteroatoms. The van der Waals surface area contributed by atoms with Gasteiger partial charge in [-0.3, -0.25) is 0 Å². The van der Waals surface area contributed by atoms with Crippen LogP contribution in [-0.4, -0.2) is 18.3 Å². The first-order valence-corrected chi connectivity index (χ1v) is 5.28. The zero-order valence-electron chi connectivity index (χ0n) is 7.76. The lowest BCUT2D eigenvalue weighted by Gasteiger charge is -2.04. The molecule has 0 aliphatic carbocycles. The van der Waals surface area contributed by atoms with E-state index in [0.717, 1.165) is 23.0 Å². The molecule has 0 amide bonds. The molecule has 0 bridgehead atoms. The highest BCUT2D eigenvalue weighted by molar-refractivity contribution is 9.10. The first-order valence-electron chi connectivity index (χ1n) is 4.49. The molecule has 0 aliphatic rings. The van der Waals surface area contributed by atoms with Crippen molar-refractivity contribution in [3.05, 3.63) is 34.1 Å². The smallest absolute Gasteiger partial charge is 0.124 e. The zero-order chi connectivity index (χ0) is 10.4. The van der Waals surface area contributed by atoms with E-state index in [4.69, 9.17) is 5.11 Å². The summed E-state index contributed by atoms with van der Waals surface area (Å²) in [5.74, 6) is -0.238. The van der Waals surface area contributed by atoms with Crippen LogP contribution in [0.15, 0.2) is 22.7 Å². The van der Waals surface area contributed by atoms with Crippen LogP contribution in [0.4, 0.5) is 4.39 Å². The van der Waals surface area contributed by atoms with Gasteiger partial charge in [-0.05, 0) is 36.7 Å². The summed E-state index contributed by atoms with van der Waals surface area (Å²) < 4.78 is 13.7. The van der Waals surface area contributed by atoms with E-state index >= 15 is 0 Å². The van der Waals surface area contributed by atoms with Crippen LogP contribution in [0, 0.1) is 5.82 Å². The molecule has 1 rings (SSSR count). The van der Waals surface area contributed by atoms with Crippen LogP contribution in [0.25, 0.3) is 0 Å². The van der Waals surface area contributed by atoms with E-state index in [-0.39, 0.29) is 12.4 Å². The Labute approximate surface area is 91.3 Å². The summed E-state index contributed by atoms with van der Waals surface area (Å²) in [5, 5.41) is 11.7. The Morgan fingerprint density at radius 3 is 2.79 bits per heavy atom. The summed E-state index contributed by atoms with van der Waals surface area (Å²) in [4.78, 5) is 0. The summed E-state index contributed by atoms with van der Waals surface area (Å²) in [7, 11) is 0. The number of aliphatic hydroxyl groups is 1. The maximum atomic E-state index is 12.9. The van der Waals surface area contributed by atoms with Gasteiger partial charge in [0.2, 0.25) is 0 Å². The lowest BCUT2D eigenvalue weighted by atomic mass is 10.2. The van der Waals surface area contributed by atoms with Gasteiger partial charge in [0.25, 0.3) is 0 Å². The van der Waals surface area contributed by atoms with Crippen LogP contribution >= 0.6 is 15.9 Å². The Morgan fingerprint density at radius 2 is 2.14 bits per heavy atom. The van der Waals surface area contributed by atoms with Crippen LogP contribution in [-0.2, 0) is 6.54 Å². The minimum Gasteiger partial charge on any atom is -0.396 e. The van der Waals surface area contributed by atoms with Crippen molar-refractivity contribution in [1.82, 2.24) is 5.32 Å². The Morgan fingerprint density at radius 1 is 1.36 bits per heavy atom. The minimum atomic E-state index is -0.238. The summed E-state index contributed by atoms with van der Waals surface area (Å²) in [6, 6.07) is 4.79. The fourth-order valence-corrected chi connectivity index (χ4v) is 1.66. The molecule has 0 radical (unpaired) electrons. The van der Waals surface area contributed by atoms with Crippen molar-refractivity contribution in [2.24, 2.45) is 0 Å². The van der Waals surface area contributed by atoms with Crippen molar-refractivity contribution in [3.8, 4) is 0 Å². The minimum absolute atomic E-state index is 0.180. The van der Waals surface area contributed by atoms with E-state index in [1.165, 1.54) is 12.1 Å². The average molecular weight is 262 g/mol. The van der Waals surface area contributed by atoms with Crippen LogP contribution < -0.4 is 5.32 Å². The number of hydrogen-bond acceptors (Lipinski definition) is 2. The Kier molecular flexibility index (Phi) is 5.07. The Balaban J connectivity index is 2.42. The lowest BCUT2D eigenvalue weighted by molar-refractivity contribution is 0.286. The van der Waals surface area contributed by atoms with Crippen LogP contribution in [0.3, 0.4) is 0 Å². The highest BCUT2D eigenvalue weighted by atomic mass is 79.9. The van der Waals surface area contributed by atoms with E-state index in [1.807, 2.05) is 6.07 Å². The predicted molar refractivity (Wildman–Crippen MR) is 57.5 cm³/mol. The molecule has 0 aliphatic heterocycles. The third-order valence-corrected chi connectivity index (χ3v) is 2.22. The molecule has 0 atom stereocenters. The highest BCUT2D eigenvalue weighted by Crippen LogP contribution is 2.14. The van der Waals surface area contributed by atoms with E-state index in [0.29, 0.717) is 6.54 Å². The second-order valence-electron chi connectivity index (χ2n) is 3.03. The summed E-state index contributed by atoms with van der Waals surface area (Å²) in [6.07, 6.45) is 0.719. The van der Waals surface area contributed by atoms with Gasteiger partial charge < -0.3 is 10.4 Å². The lowest BCUT2D eigenvalue weighted by Crippen LogP contribution is -2.15. The molecule has 1 aromatic carbocycles. The van der Waals surface area contributed by atoms with Gasteiger partial charge in [0.1, 0.15) is 5.82 Å². The third kappa shape index (κ3) is 4.17. The number of rotatable bonds is 5. The summed E-state index contributed by atoms with van der Waals surface area (Å²) >= 11 is 3.23. The molecule has 2 N–H and O–H groups in total. The molecular weight excluding hydrogens is 249 g/mol. The van der Waals surface area contributed by atoms with Gasteiger partial charge in [-0.15, -0.1) is 0 Å². The molecule has 0 saturated carbocycles. The van der Waals surface area contributed by atoms with E-state index < -0.39 is 0 Å². The van der Waals surface area contributed by atoms with Gasteiger partial charge in [0, 0.05) is 17.6 Å². The van der Waals surface area contributed by atoms with Crippen molar-refractivity contribution in [3.63, 3.8) is 0 Å². The van der Waals surface area contributed by atoms with Gasteiger partial charge in [0.15, 0.2) is 0 Å². The molecular formula is C10H13BrFNO. The molecule has 0 aromatic heterocycles. The maximum absolute atomic E-state index is 12.9. The molecule has 0 heterocycles. The van der Waals surface area contributed by atoms with Crippen molar-refractivity contribution in [1.29, 1.82) is 0 Å². The maximum Gasteiger partial charge on any atom is 0.124 e. The molecule has 0 spiro atoms. The SMILES string of the molecule is OCCCNCc1cc(F)cc(Br)c1. The van der Waals surface area contributed by atoms with Gasteiger partial charge >= 0.3 is 0 Å². The highest BCUT2D eigenvalue weighted by Gasteiger charge is 1.98. The van der Waals surface area contributed by atoms with Crippen molar-refractivity contribution in [2.45, 2.75) is 13.0 Å². The van der Waals surface area contributed by atoms with E-state index in [2.05, 4.69) is 21.2 Å². The first kappa shape index (κ1) is 11.6. The van der Waals surface area contributed by atoms with Gasteiger partial charge in [0.05, 0.1) is 0 Å². The number of halogens is 2. The number of aliphatic hydroxyl groups excluding tert-OH is 1. The monoisotopic (exact) mass is 261 g/mol. The standard InChI is InChI=1S/C10H13BrFNO/c11-9-4-8(5-10(12)6-9)7-13-2-1-3-14/h4-6,13-14H,1-3,7H2. The normalized spacial score (nSPS) is 10.5. The largest absolute Gasteiger partial charge is 0.396 e. The molecule has 0 unspecified atom stereocenters. The third-order valence-electron chi connectivity index (χ3n) is 1.76. The molecule has 0 saturated heterocycles. The summed E-state index contributed by atoms with van der Waals surface area (Å²) in [6.45, 7) is 1.54. The van der Waals surface area contributed by atoms with Crippen LogP contribution in [0.5, 0.6) is 0 Å². The van der Waals surface area contributed by atoms with Gasteiger partial charge in [-0.2, -0.15) is 0 Å². The van der Waals surface area contributed by atoms with Crippen LogP contribution in [0.1, 0.15) is 12.0 Å². The molecule has 0 fully saturated rings. The van der Waals surface area contributed by atoms with E-state index in [9.17, 15) is 4.39 Å². The van der Waals surface area contributed by atoms with Gasteiger partial charge in [-0.1, -0.05) is 15.9 Å². The number of nitrogens with one attached hydrogen (secondary N) is 1. The molecule has 2 nitrogen and oxygen atoms in total. The molecule has 78 valence electrons. The fourth-order valence-electron chi connectivity index (χ4n) is 1.15. The first-order chi connectivity index (χ1) is 6.72. The van der Waals surface area contributed by atoms with Crippen molar-refractivity contribution >= 4 is 15.9 Å². The van der Waals surface area contributed by atoms with Crippen LogP contribution in [0.2, 0.25) is 0 Å². The second kappa shape index (κ2) is 6.11.